The highest BCUT2D eigenvalue weighted by molar-refractivity contribution is 6.40. The van der Waals surface area contributed by atoms with Gasteiger partial charge in [-0.2, -0.15) is 5.48 Å². The lowest BCUT2D eigenvalue weighted by molar-refractivity contribution is 0.0433. The van der Waals surface area contributed by atoms with E-state index in [0.29, 0.717) is 40.6 Å². The van der Waals surface area contributed by atoms with Gasteiger partial charge in [0.25, 0.3) is 0 Å². The normalized spacial score (nSPS) is 9.88. The molecule has 1 N–H and O–H groups in total. The van der Waals surface area contributed by atoms with Gasteiger partial charge in [0.05, 0.1) is 23.2 Å². The number of nitrogens with one attached hydrogen (secondary N) is 1. The van der Waals surface area contributed by atoms with Crippen molar-refractivity contribution >= 4 is 47.2 Å². The van der Waals surface area contributed by atoms with Crippen molar-refractivity contribution < 1.29 is 9.57 Å². The van der Waals surface area contributed by atoms with Crippen LogP contribution in [0.2, 0.25) is 15.1 Å². The zero-order chi connectivity index (χ0) is 12.0. The van der Waals surface area contributed by atoms with Crippen LogP contribution < -0.4 is 10.2 Å². The largest absolute Gasteiger partial charge is 0.489 e. The molecule has 17 heavy (non-hydrogen) atoms. The summed E-state index contributed by atoms with van der Waals surface area (Å²) in [5.41, 5.74) is 2.72. The van der Waals surface area contributed by atoms with E-state index in [9.17, 15) is 0 Å². The summed E-state index contributed by atoms with van der Waals surface area (Å²) in [7, 11) is 0. The molecular formula is C10H13Cl4NO2. The first-order valence-electron chi connectivity index (χ1n) is 4.77. The molecule has 0 saturated carbocycles. The minimum atomic E-state index is 0. The highest BCUT2D eigenvalue weighted by atomic mass is 35.5. The van der Waals surface area contributed by atoms with Crippen molar-refractivity contribution in [3.8, 4) is 5.75 Å². The van der Waals surface area contributed by atoms with Crippen LogP contribution in [0.1, 0.15) is 6.92 Å². The maximum Gasteiger partial charge on any atom is 0.156 e. The van der Waals surface area contributed by atoms with Gasteiger partial charge in [-0.15, -0.1) is 12.4 Å². The Morgan fingerprint density at radius 3 is 2.29 bits per heavy atom. The van der Waals surface area contributed by atoms with Crippen molar-refractivity contribution in [1.29, 1.82) is 0 Å². The van der Waals surface area contributed by atoms with Crippen LogP contribution in [-0.2, 0) is 4.84 Å². The first kappa shape index (κ1) is 17.1. The first-order valence-corrected chi connectivity index (χ1v) is 5.90. The van der Waals surface area contributed by atoms with Gasteiger partial charge in [-0.1, -0.05) is 34.8 Å². The van der Waals surface area contributed by atoms with Crippen LogP contribution >= 0.6 is 47.2 Å². The minimum Gasteiger partial charge on any atom is -0.489 e. The van der Waals surface area contributed by atoms with Crippen LogP contribution in [-0.4, -0.2) is 19.8 Å². The highest BCUT2D eigenvalue weighted by Gasteiger charge is 2.08. The lowest BCUT2D eigenvalue weighted by atomic mass is 10.3. The van der Waals surface area contributed by atoms with Crippen LogP contribution in [0.25, 0.3) is 0 Å². The molecule has 1 rings (SSSR count). The van der Waals surface area contributed by atoms with E-state index < -0.39 is 0 Å². The number of halogens is 4. The zero-order valence-corrected chi connectivity index (χ0v) is 12.2. The second-order valence-corrected chi connectivity index (χ2v) is 4.13. The van der Waals surface area contributed by atoms with Gasteiger partial charge in [-0.05, 0) is 19.1 Å². The highest BCUT2D eigenvalue weighted by Crippen LogP contribution is 2.35. The molecule has 0 aromatic heterocycles. The van der Waals surface area contributed by atoms with Gasteiger partial charge in [0, 0.05) is 5.02 Å². The van der Waals surface area contributed by atoms with Crippen molar-refractivity contribution in [3.63, 3.8) is 0 Å². The molecular weight excluding hydrogens is 308 g/mol. The Morgan fingerprint density at radius 1 is 1.18 bits per heavy atom. The lowest BCUT2D eigenvalue weighted by Crippen LogP contribution is -2.21. The van der Waals surface area contributed by atoms with Crippen LogP contribution in [0.3, 0.4) is 0 Å². The molecule has 1 aromatic rings. The van der Waals surface area contributed by atoms with Crippen molar-refractivity contribution in [2.24, 2.45) is 0 Å². The molecule has 0 unspecified atom stereocenters. The molecule has 7 heteroatoms. The molecule has 0 aliphatic heterocycles. The van der Waals surface area contributed by atoms with Crippen LogP contribution in [0.4, 0.5) is 0 Å². The molecule has 98 valence electrons. The molecule has 0 aliphatic rings. The summed E-state index contributed by atoms with van der Waals surface area (Å²) in [6, 6.07) is 3.17. The Hall–Kier alpha value is 0.1000. The van der Waals surface area contributed by atoms with E-state index in [1.165, 1.54) is 0 Å². The molecule has 0 spiro atoms. The van der Waals surface area contributed by atoms with E-state index in [1.54, 1.807) is 12.1 Å². The Bertz CT molecular complexity index is 326. The fourth-order valence-electron chi connectivity index (χ4n) is 1.04. The first-order chi connectivity index (χ1) is 7.65. The van der Waals surface area contributed by atoms with Crippen LogP contribution in [0, 0.1) is 0 Å². The van der Waals surface area contributed by atoms with E-state index >= 15 is 0 Å². The molecule has 0 aliphatic carbocycles. The summed E-state index contributed by atoms with van der Waals surface area (Å²) in [6.07, 6.45) is 0. The van der Waals surface area contributed by atoms with E-state index in [1.807, 2.05) is 6.92 Å². The van der Waals surface area contributed by atoms with Gasteiger partial charge >= 0.3 is 0 Å². The molecule has 0 fully saturated rings. The molecule has 1 aromatic carbocycles. The van der Waals surface area contributed by atoms with Crippen molar-refractivity contribution in [2.45, 2.75) is 6.92 Å². The van der Waals surface area contributed by atoms with Crippen LogP contribution in [0.5, 0.6) is 5.75 Å². The summed E-state index contributed by atoms with van der Waals surface area (Å²) >= 11 is 17.6. The Labute approximate surface area is 122 Å². The number of ether oxygens (including phenoxy) is 1. The lowest BCUT2D eigenvalue weighted by Gasteiger charge is -2.10. The molecule has 0 bridgehead atoms. The average molecular weight is 321 g/mol. The van der Waals surface area contributed by atoms with Crippen molar-refractivity contribution in [3.05, 3.63) is 27.2 Å². The quantitative estimate of drug-likeness (QED) is 0.635. The Kier molecular flexibility index (Phi) is 9.14. The van der Waals surface area contributed by atoms with E-state index in [2.05, 4.69) is 5.48 Å². The van der Waals surface area contributed by atoms with Crippen molar-refractivity contribution in [1.82, 2.24) is 5.48 Å². The van der Waals surface area contributed by atoms with E-state index in [0.717, 1.165) is 0 Å². The predicted molar refractivity (Wildman–Crippen MR) is 73.8 cm³/mol. The number of hydrogen-bond donors (Lipinski definition) is 1. The third-order valence-corrected chi connectivity index (χ3v) is 2.44. The molecule has 0 atom stereocenters. The number of rotatable bonds is 6. The fraction of sp³-hybridized carbons (Fsp3) is 0.400. The van der Waals surface area contributed by atoms with Gasteiger partial charge in [-0.3, -0.25) is 0 Å². The maximum atomic E-state index is 5.93. The summed E-state index contributed by atoms with van der Waals surface area (Å²) in [5.74, 6) is 0.436. The van der Waals surface area contributed by atoms with Gasteiger partial charge in [0.2, 0.25) is 0 Å². The summed E-state index contributed by atoms with van der Waals surface area (Å²) < 4.78 is 5.40. The molecule has 0 heterocycles. The van der Waals surface area contributed by atoms with E-state index in [-0.39, 0.29) is 12.4 Å². The predicted octanol–water partition coefficient (Wildman–Crippen LogP) is 3.99. The molecule has 0 amide bonds. The third kappa shape index (κ3) is 6.00. The van der Waals surface area contributed by atoms with Gasteiger partial charge in [-0.25, -0.2) is 0 Å². The monoisotopic (exact) mass is 319 g/mol. The third-order valence-electron chi connectivity index (χ3n) is 1.66. The zero-order valence-electron chi connectivity index (χ0n) is 9.13. The van der Waals surface area contributed by atoms with Gasteiger partial charge < -0.3 is 9.57 Å². The number of hydrogen-bond acceptors (Lipinski definition) is 3. The Balaban J connectivity index is 0.00000256. The fourth-order valence-corrected chi connectivity index (χ4v) is 1.96. The average Bonchev–Trinajstić information content (AvgIpc) is 2.20. The van der Waals surface area contributed by atoms with Crippen molar-refractivity contribution in [2.75, 3.05) is 19.8 Å². The number of benzene rings is 1. The Morgan fingerprint density at radius 2 is 1.76 bits per heavy atom. The minimum absolute atomic E-state index is 0. The second kappa shape index (κ2) is 9.09. The second-order valence-electron chi connectivity index (χ2n) is 2.87. The van der Waals surface area contributed by atoms with Crippen LogP contribution in [0.15, 0.2) is 12.1 Å². The number of hydroxylamine groups is 1. The summed E-state index contributed by atoms with van der Waals surface area (Å²) in [6.45, 7) is 3.44. The maximum absolute atomic E-state index is 5.93. The molecule has 0 radical (unpaired) electrons. The summed E-state index contributed by atoms with van der Waals surface area (Å²) in [4.78, 5) is 4.93. The smallest absolute Gasteiger partial charge is 0.156 e. The molecule has 3 nitrogen and oxygen atoms in total. The molecule has 0 saturated heterocycles. The van der Waals surface area contributed by atoms with Gasteiger partial charge in [0.15, 0.2) is 5.75 Å². The standard InChI is InChI=1S/C10H12Cl3NO2.ClH/c1-2-16-14-3-4-15-10-8(12)5-7(11)6-9(10)13;/h5-6,14H,2-4H2,1H3;1H. The topological polar surface area (TPSA) is 30.5 Å². The van der Waals surface area contributed by atoms with Gasteiger partial charge in [0.1, 0.15) is 6.61 Å². The SMILES string of the molecule is CCONCCOc1c(Cl)cc(Cl)cc1Cl.Cl. The van der Waals surface area contributed by atoms with E-state index in [4.69, 9.17) is 44.4 Å². The summed E-state index contributed by atoms with van der Waals surface area (Å²) in [5, 5.41) is 1.28.